The van der Waals surface area contributed by atoms with Crippen molar-refractivity contribution < 1.29 is 13.9 Å². The molecule has 5 rings (SSSR count). The summed E-state index contributed by atoms with van der Waals surface area (Å²) in [7, 11) is 0. The van der Waals surface area contributed by atoms with E-state index in [4.69, 9.17) is 0 Å². The Balaban J connectivity index is 1.55. The van der Waals surface area contributed by atoms with Crippen LogP contribution in [-0.4, -0.2) is 30.4 Å². The zero-order valence-corrected chi connectivity index (χ0v) is 14.6. The number of pyridine rings is 1. The number of rotatable bonds is 2. The highest BCUT2D eigenvalue weighted by Gasteiger charge is 2.57. The lowest BCUT2D eigenvalue weighted by atomic mass is 9.75. The zero-order valence-electron chi connectivity index (χ0n) is 13.8. The van der Waals surface area contributed by atoms with E-state index in [-0.39, 0.29) is 0 Å². The SMILES string of the molecule is Cc1cn2cc(-c3ccc4cc(C5(O)CC(F)(F)C5)sc4n3)cnc2n1. The number of aliphatic hydroxyl groups is 1. The van der Waals surface area contributed by atoms with Crippen LogP contribution >= 0.6 is 11.3 Å². The molecule has 1 aliphatic carbocycles. The van der Waals surface area contributed by atoms with Gasteiger partial charge in [0.1, 0.15) is 10.4 Å². The summed E-state index contributed by atoms with van der Waals surface area (Å²) in [4.78, 5) is 14.5. The largest absolute Gasteiger partial charge is 0.384 e. The number of nitrogens with zero attached hydrogens (tertiary/aromatic N) is 4. The van der Waals surface area contributed by atoms with E-state index < -0.39 is 24.4 Å². The average molecular weight is 372 g/mol. The van der Waals surface area contributed by atoms with Crippen LogP contribution in [0.25, 0.3) is 27.3 Å². The lowest BCUT2D eigenvalue weighted by Crippen LogP contribution is -2.48. The van der Waals surface area contributed by atoms with Crippen molar-refractivity contribution in [3.05, 3.63) is 47.4 Å². The predicted octanol–water partition coefficient (Wildman–Crippen LogP) is 3.93. The van der Waals surface area contributed by atoms with Crippen LogP contribution in [0.2, 0.25) is 0 Å². The second-order valence-corrected chi connectivity index (χ2v) is 7.91. The molecule has 1 N–H and O–H groups in total. The van der Waals surface area contributed by atoms with Crippen molar-refractivity contribution in [2.24, 2.45) is 0 Å². The molecule has 0 radical (unpaired) electrons. The molecule has 1 aliphatic rings. The topological polar surface area (TPSA) is 63.3 Å². The second-order valence-electron chi connectivity index (χ2n) is 6.87. The van der Waals surface area contributed by atoms with Crippen LogP contribution in [0.3, 0.4) is 0 Å². The molecule has 4 aromatic heterocycles. The quantitative estimate of drug-likeness (QED) is 0.579. The summed E-state index contributed by atoms with van der Waals surface area (Å²) < 4.78 is 28.3. The maximum atomic E-state index is 13.2. The minimum absolute atomic E-state index is 0.528. The number of thiophene rings is 1. The fraction of sp³-hybridized carbons (Fsp3) is 0.278. The Morgan fingerprint density at radius 3 is 2.77 bits per heavy atom. The van der Waals surface area contributed by atoms with Crippen LogP contribution in [0, 0.1) is 6.92 Å². The Bertz CT molecular complexity index is 1160. The van der Waals surface area contributed by atoms with Crippen LogP contribution < -0.4 is 0 Å². The maximum absolute atomic E-state index is 13.2. The highest BCUT2D eigenvalue weighted by atomic mass is 32.1. The number of imidazole rings is 1. The number of halogens is 2. The van der Waals surface area contributed by atoms with Gasteiger partial charge in [-0.05, 0) is 25.1 Å². The standard InChI is InChI=1S/C18H14F2N4OS/c1-10-6-24-7-12(5-21-16(24)22-10)13-3-2-11-4-14(26-15(11)23-13)17(25)8-18(19,20)9-17/h2-7,25H,8-9H2,1H3. The highest BCUT2D eigenvalue weighted by molar-refractivity contribution is 7.18. The van der Waals surface area contributed by atoms with Gasteiger partial charge in [0.2, 0.25) is 5.78 Å². The van der Waals surface area contributed by atoms with Gasteiger partial charge in [0.15, 0.2) is 0 Å². The van der Waals surface area contributed by atoms with Crippen molar-refractivity contribution in [3.63, 3.8) is 0 Å². The number of hydrogen-bond acceptors (Lipinski definition) is 5. The van der Waals surface area contributed by atoms with E-state index in [0.29, 0.717) is 15.5 Å². The van der Waals surface area contributed by atoms with Crippen molar-refractivity contribution >= 4 is 27.3 Å². The van der Waals surface area contributed by atoms with Gasteiger partial charge in [0.25, 0.3) is 5.92 Å². The Morgan fingerprint density at radius 1 is 1.19 bits per heavy atom. The summed E-state index contributed by atoms with van der Waals surface area (Å²) in [5.74, 6) is -2.16. The number of fused-ring (bicyclic) bond motifs is 2. The molecule has 0 aliphatic heterocycles. The number of alkyl halides is 2. The van der Waals surface area contributed by atoms with E-state index >= 15 is 0 Å². The third-order valence-electron chi connectivity index (χ3n) is 4.67. The molecule has 1 saturated carbocycles. The molecule has 132 valence electrons. The first kappa shape index (κ1) is 15.8. The minimum Gasteiger partial charge on any atom is -0.384 e. The van der Waals surface area contributed by atoms with Gasteiger partial charge in [-0.25, -0.2) is 23.7 Å². The van der Waals surface area contributed by atoms with Gasteiger partial charge in [-0.15, -0.1) is 11.3 Å². The van der Waals surface area contributed by atoms with Gasteiger partial charge in [-0.2, -0.15) is 0 Å². The Kier molecular flexibility index (Phi) is 3.06. The summed E-state index contributed by atoms with van der Waals surface area (Å²) in [6.45, 7) is 1.90. The molecule has 4 heterocycles. The first-order chi connectivity index (χ1) is 12.3. The van der Waals surface area contributed by atoms with E-state index in [1.54, 1.807) is 12.3 Å². The molecule has 5 nitrogen and oxygen atoms in total. The van der Waals surface area contributed by atoms with E-state index in [1.807, 2.05) is 35.9 Å². The maximum Gasteiger partial charge on any atom is 0.254 e. The summed E-state index contributed by atoms with van der Waals surface area (Å²) in [5.41, 5.74) is 1.01. The van der Waals surface area contributed by atoms with Crippen LogP contribution in [0.4, 0.5) is 8.78 Å². The molecule has 8 heteroatoms. The van der Waals surface area contributed by atoms with Gasteiger partial charge in [0, 0.05) is 47.3 Å². The van der Waals surface area contributed by atoms with Crippen molar-refractivity contribution in [2.45, 2.75) is 31.3 Å². The molecular weight excluding hydrogens is 358 g/mol. The molecule has 26 heavy (non-hydrogen) atoms. The van der Waals surface area contributed by atoms with Gasteiger partial charge >= 0.3 is 0 Å². The minimum atomic E-state index is -2.78. The number of aryl methyl sites for hydroxylation is 1. The van der Waals surface area contributed by atoms with Gasteiger partial charge in [0.05, 0.1) is 11.4 Å². The molecule has 0 spiro atoms. The average Bonchev–Trinajstić information content (AvgIpc) is 3.13. The molecular formula is C18H14F2N4OS. The van der Waals surface area contributed by atoms with E-state index in [0.717, 1.165) is 22.3 Å². The Morgan fingerprint density at radius 2 is 2.00 bits per heavy atom. The monoisotopic (exact) mass is 372 g/mol. The molecule has 4 aromatic rings. The molecule has 0 saturated heterocycles. The molecule has 0 unspecified atom stereocenters. The summed E-state index contributed by atoms with van der Waals surface area (Å²) in [6.07, 6.45) is 4.45. The fourth-order valence-electron chi connectivity index (χ4n) is 3.42. The molecule has 0 aromatic carbocycles. The van der Waals surface area contributed by atoms with E-state index in [2.05, 4.69) is 15.0 Å². The van der Waals surface area contributed by atoms with Crippen LogP contribution in [0.5, 0.6) is 0 Å². The number of hydrogen-bond donors (Lipinski definition) is 1. The third kappa shape index (κ3) is 2.40. The van der Waals surface area contributed by atoms with E-state index in [1.165, 1.54) is 11.3 Å². The van der Waals surface area contributed by atoms with Crippen LogP contribution in [0.1, 0.15) is 23.4 Å². The Labute approximate surface area is 151 Å². The van der Waals surface area contributed by atoms with Gasteiger partial charge < -0.3 is 5.11 Å². The predicted molar refractivity (Wildman–Crippen MR) is 94.4 cm³/mol. The van der Waals surface area contributed by atoms with Crippen molar-refractivity contribution in [2.75, 3.05) is 0 Å². The smallest absolute Gasteiger partial charge is 0.254 e. The molecule has 1 fully saturated rings. The lowest BCUT2D eigenvalue weighted by Gasteiger charge is -2.42. The summed E-state index contributed by atoms with van der Waals surface area (Å²) in [6, 6.07) is 5.51. The Hall–Kier alpha value is -2.45. The lowest BCUT2D eigenvalue weighted by molar-refractivity contribution is -0.208. The first-order valence-electron chi connectivity index (χ1n) is 8.14. The molecule has 0 bridgehead atoms. The number of aromatic nitrogens is 4. The van der Waals surface area contributed by atoms with Crippen molar-refractivity contribution in [1.29, 1.82) is 0 Å². The zero-order chi connectivity index (χ0) is 18.1. The van der Waals surface area contributed by atoms with Gasteiger partial charge in [-0.1, -0.05) is 0 Å². The van der Waals surface area contributed by atoms with Crippen LogP contribution in [-0.2, 0) is 5.60 Å². The normalized spacial score (nSPS) is 18.3. The second kappa shape index (κ2) is 5.05. The van der Waals surface area contributed by atoms with E-state index in [9.17, 15) is 13.9 Å². The fourth-order valence-corrected chi connectivity index (χ4v) is 4.54. The third-order valence-corrected chi connectivity index (χ3v) is 5.91. The summed E-state index contributed by atoms with van der Waals surface area (Å²) in [5, 5.41) is 11.2. The van der Waals surface area contributed by atoms with Crippen molar-refractivity contribution in [3.8, 4) is 11.3 Å². The van der Waals surface area contributed by atoms with Crippen LogP contribution in [0.15, 0.2) is 36.8 Å². The molecule has 0 atom stereocenters. The highest BCUT2D eigenvalue weighted by Crippen LogP contribution is 2.53. The summed E-state index contributed by atoms with van der Waals surface area (Å²) >= 11 is 1.26. The molecule has 0 amide bonds. The van der Waals surface area contributed by atoms with Gasteiger partial charge in [-0.3, -0.25) is 4.40 Å². The van der Waals surface area contributed by atoms with Crippen molar-refractivity contribution in [1.82, 2.24) is 19.4 Å². The first-order valence-corrected chi connectivity index (χ1v) is 8.96.